The Morgan fingerprint density at radius 3 is 2.82 bits per heavy atom. The number of amides is 1. The minimum atomic E-state index is -0.278. The number of piperazine rings is 1. The average molecular weight is 485 g/mol. The molecule has 0 unspecified atom stereocenters. The second-order valence-corrected chi connectivity index (χ2v) is 9.93. The number of carbonyl (C=O) groups is 1. The van der Waals surface area contributed by atoms with E-state index in [1.54, 1.807) is 24.3 Å². The Labute approximate surface area is 198 Å². The van der Waals surface area contributed by atoms with Crippen molar-refractivity contribution >= 4 is 44.6 Å². The highest BCUT2D eigenvalue weighted by Gasteiger charge is 2.26. The van der Waals surface area contributed by atoms with E-state index in [-0.39, 0.29) is 17.5 Å². The number of hydrogen-bond donors (Lipinski definition) is 2. The van der Waals surface area contributed by atoms with Crippen LogP contribution < -0.4 is 10.9 Å². The maximum Gasteiger partial charge on any atom is 0.260 e. The fourth-order valence-corrected chi connectivity index (χ4v) is 5.81. The molecule has 0 radical (unpaired) electrons. The molecule has 0 spiro atoms. The molecule has 1 saturated heterocycles. The van der Waals surface area contributed by atoms with Crippen LogP contribution in [0.5, 0.6) is 0 Å². The third kappa shape index (κ3) is 4.62. The zero-order chi connectivity index (χ0) is 22.9. The quantitative estimate of drug-likeness (QED) is 0.433. The number of aromatic amines is 1. The minimum absolute atomic E-state index is 0.0910. The molecule has 5 rings (SSSR count). The SMILES string of the molecule is Cc1cc(NC(=O)[C@@H](C)N2CCN(Cc3nc4scc(-c5cccs5)c4c(=O)[nH]3)CC2)no1. The molecule has 0 aliphatic carbocycles. The molecule has 9 nitrogen and oxygen atoms in total. The molecule has 1 aliphatic rings. The van der Waals surface area contributed by atoms with Gasteiger partial charge in [0.1, 0.15) is 16.4 Å². The molecule has 4 aromatic heterocycles. The highest BCUT2D eigenvalue weighted by molar-refractivity contribution is 7.18. The summed E-state index contributed by atoms with van der Waals surface area (Å²) in [5.74, 6) is 1.66. The van der Waals surface area contributed by atoms with Crippen LogP contribution in [0.2, 0.25) is 0 Å². The molecule has 4 aromatic rings. The number of rotatable bonds is 6. The fourth-order valence-electron chi connectivity index (χ4n) is 4.02. The second-order valence-electron chi connectivity index (χ2n) is 8.12. The number of thiophene rings is 2. The molecule has 1 atom stereocenters. The molecule has 11 heteroatoms. The van der Waals surface area contributed by atoms with Crippen LogP contribution in [0.1, 0.15) is 18.5 Å². The van der Waals surface area contributed by atoms with Crippen molar-refractivity contribution in [2.75, 3.05) is 31.5 Å². The van der Waals surface area contributed by atoms with Gasteiger partial charge in [0, 0.05) is 48.1 Å². The van der Waals surface area contributed by atoms with Crippen LogP contribution in [0.3, 0.4) is 0 Å². The lowest BCUT2D eigenvalue weighted by Gasteiger charge is -2.37. The summed E-state index contributed by atoms with van der Waals surface area (Å²) in [6.45, 7) is 7.32. The van der Waals surface area contributed by atoms with Crippen LogP contribution in [0.4, 0.5) is 5.82 Å². The number of aryl methyl sites for hydroxylation is 1. The van der Waals surface area contributed by atoms with Crippen molar-refractivity contribution in [1.82, 2.24) is 24.9 Å². The molecule has 33 heavy (non-hydrogen) atoms. The van der Waals surface area contributed by atoms with Gasteiger partial charge in [-0.3, -0.25) is 19.4 Å². The van der Waals surface area contributed by atoms with Gasteiger partial charge in [-0.1, -0.05) is 11.2 Å². The smallest absolute Gasteiger partial charge is 0.260 e. The molecular formula is C22H24N6O3S2. The molecule has 1 fully saturated rings. The van der Waals surface area contributed by atoms with Crippen molar-refractivity contribution in [2.24, 2.45) is 0 Å². The molecule has 5 heterocycles. The van der Waals surface area contributed by atoms with Gasteiger partial charge in [0.05, 0.1) is 18.0 Å². The van der Waals surface area contributed by atoms with Gasteiger partial charge in [0.25, 0.3) is 5.56 Å². The van der Waals surface area contributed by atoms with Crippen LogP contribution in [0.25, 0.3) is 20.7 Å². The Morgan fingerprint density at radius 1 is 1.30 bits per heavy atom. The van der Waals surface area contributed by atoms with Crippen molar-refractivity contribution < 1.29 is 9.32 Å². The fraction of sp³-hybridized carbons (Fsp3) is 0.364. The van der Waals surface area contributed by atoms with Crippen molar-refractivity contribution in [2.45, 2.75) is 26.4 Å². The van der Waals surface area contributed by atoms with Gasteiger partial charge in [-0.15, -0.1) is 22.7 Å². The van der Waals surface area contributed by atoms with E-state index in [4.69, 9.17) is 9.51 Å². The first kappa shape index (κ1) is 22.0. The standard InChI is InChI=1S/C22H24N6O3S2/c1-13-10-17(26-31-13)23-20(29)14(2)28-7-5-27(6-8-28)11-18-24-21(30)19-15(12-33-22(19)25-18)16-4-3-9-32-16/h3-4,9-10,12,14H,5-8,11H2,1-2H3,(H,23,26,29)(H,24,25,30)/t14-/m1/s1. The molecular weight excluding hydrogens is 460 g/mol. The predicted molar refractivity (Wildman–Crippen MR) is 130 cm³/mol. The first-order valence-corrected chi connectivity index (χ1v) is 12.5. The summed E-state index contributed by atoms with van der Waals surface area (Å²) >= 11 is 3.12. The van der Waals surface area contributed by atoms with Crippen LogP contribution >= 0.6 is 22.7 Å². The highest BCUT2D eigenvalue weighted by Crippen LogP contribution is 2.33. The van der Waals surface area contributed by atoms with E-state index in [9.17, 15) is 9.59 Å². The lowest BCUT2D eigenvalue weighted by Crippen LogP contribution is -2.52. The molecule has 2 N–H and O–H groups in total. The Morgan fingerprint density at radius 2 is 2.12 bits per heavy atom. The molecule has 1 aliphatic heterocycles. The molecule has 0 aromatic carbocycles. The number of H-pyrrole nitrogens is 1. The zero-order valence-corrected chi connectivity index (χ0v) is 20.0. The van der Waals surface area contributed by atoms with Crippen molar-refractivity contribution in [3.8, 4) is 10.4 Å². The van der Waals surface area contributed by atoms with E-state index in [1.165, 1.54) is 11.3 Å². The largest absolute Gasteiger partial charge is 0.360 e. The predicted octanol–water partition coefficient (Wildman–Crippen LogP) is 3.15. The van der Waals surface area contributed by atoms with Gasteiger partial charge in [-0.2, -0.15) is 0 Å². The lowest BCUT2D eigenvalue weighted by molar-refractivity contribution is -0.121. The summed E-state index contributed by atoms with van der Waals surface area (Å²) in [7, 11) is 0. The monoisotopic (exact) mass is 484 g/mol. The maximum absolute atomic E-state index is 12.8. The first-order valence-electron chi connectivity index (χ1n) is 10.7. The Hall–Kier alpha value is -2.86. The summed E-state index contributed by atoms with van der Waals surface area (Å²) in [6.07, 6.45) is 0. The number of anilines is 1. The topological polar surface area (TPSA) is 107 Å². The number of nitrogens with one attached hydrogen (secondary N) is 2. The highest BCUT2D eigenvalue weighted by atomic mass is 32.1. The second kappa shape index (κ2) is 9.18. The van der Waals surface area contributed by atoms with Gasteiger partial charge >= 0.3 is 0 Å². The summed E-state index contributed by atoms with van der Waals surface area (Å²) in [6, 6.07) is 5.43. The maximum atomic E-state index is 12.8. The molecule has 0 bridgehead atoms. The summed E-state index contributed by atoms with van der Waals surface area (Å²) in [4.78, 5) is 39.3. The van der Waals surface area contributed by atoms with E-state index < -0.39 is 0 Å². The van der Waals surface area contributed by atoms with Gasteiger partial charge in [-0.25, -0.2) is 4.98 Å². The van der Waals surface area contributed by atoms with E-state index in [0.29, 0.717) is 29.3 Å². The van der Waals surface area contributed by atoms with Crippen LogP contribution in [-0.4, -0.2) is 63.1 Å². The number of hydrogen-bond acceptors (Lipinski definition) is 9. The Bertz CT molecular complexity index is 1320. The molecule has 1 amide bonds. The first-order chi connectivity index (χ1) is 16.0. The lowest BCUT2D eigenvalue weighted by atomic mass is 10.2. The van der Waals surface area contributed by atoms with E-state index in [0.717, 1.165) is 41.5 Å². The van der Waals surface area contributed by atoms with Gasteiger partial charge < -0.3 is 14.8 Å². The van der Waals surface area contributed by atoms with E-state index in [1.807, 2.05) is 29.8 Å². The molecule has 172 valence electrons. The third-order valence-electron chi connectivity index (χ3n) is 5.87. The average Bonchev–Trinajstić information content (AvgIpc) is 3.55. The zero-order valence-electron chi connectivity index (χ0n) is 18.3. The van der Waals surface area contributed by atoms with Crippen LogP contribution in [0, 0.1) is 6.92 Å². The third-order valence-corrected chi connectivity index (χ3v) is 7.64. The molecule has 0 saturated carbocycles. The Balaban J connectivity index is 1.20. The van der Waals surface area contributed by atoms with Gasteiger partial charge in [0.15, 0.2) is 5.82 Å². The summed E-state index contributed by atoms with van der Waals surface area (Å²) in [5.41, 5.74) is 0.860. The number of nitrogens with zero attached hydrogens (tertiary/aromatic N) is 4. The van der Waals surface area contributed by atoms with Crippen molar-refractivity contribution in [3.05, 3.63) is 50.9 Å². The number of fused-ring (bicyclic) bond motifs is 1. The summed E-state index contributed by atoms with van der Waals surface area (Å²) in [5, 5.41) is 11.3. The van der Waals surface area contributed by atoms with Crippen molar-refractivity contribution in [1.29, 1.82) is 0 Å². The van der Waals surface area contributed by atoms with Crippen LogP contribution in [0.15, 0.2) is 38.3 Å². The number of aromatic nitrogens is 3. The normalized spacial score (nSPS) is 16.3. The Kier molecular flexibility index (Phi) is 6.11. The van der Waals surface area contributed by atoms with Gasteiger partial charge in [0.2, 0.25) is 5.91 Å². The van der Waals surface area contributed by atoms with E-state index in [2.05, 4.69) is 25.3 Å². The van der Waals surface area contributed by atoms with Crippen LogP contribution in [-0.2, 0) is 11.3 Å². The van der Waals surface area contributed by atoms with Crippen molar-refractivity contribution in [3.63, 3.8) is 0 Å². The van der Waals surface area contributed by atoms with Gasteiger partial charge in [-0.05, 0) is 25.3 Å². The van der Waals surface area contributed by atoms with E-state index >= 15 is 0 Å². The number of carbonyl (C=O) groups excluding carboxylic acids is 1. The summed E-state index contributed by atoms with van der Waals surface area (Å²) < 4.78 is 5.00. The minimum Gasteiger partial charge on any atom is -0.360 e.